The average Bonchev–Trinajstić information content (AvgIpc) is 3.56. The van der Waals surface area contributed by atoms with Crippen LogP contribution in [0.15, 0.2) is 59.5 Å². The molecule has 2 aliphatic heterocycles. The summed E-state index contributed by atoms with van der Waals surface area (Å²) < 4.78 is 24.7. The fraction of sp³-hybridized carbons (Fsp3) is 0.219. The molecule has 0 unspecified atom stereocenters. The van der Waals surface area contributed by atoms with Crippen molar-refractivity contribution < 1.29 is 22.8 Å². The number of H-pyrrole nitrogens is 2. The zero-order chi connectivity index (χ0) is 32.3. The van der Waals surface area contributed by atoms with Crippen molar-refractivity contribution in [2.45, 2.75) is 32.6 Å². The molecule has 0 aliphatic carbocycles. The Hall–Kier alpha value is -3.65. The predicted molar refractivity (Wildman–Crippen MR) is 178 cm³/mol. The zero-order valence-corrected chi connectivity index (χ0v) is 29.4. The molecule has 2 aliphatic rings. The Morgan fingerprint density at radius 3 is 1.84 bits per heavy atom. The fourth-order valence-corrected chi connectivity index (χ4v) is 10.2. The number of benzene rings is 3. The van der Waals surface area contributed by atoms with E-state index in [2.05, 4.69) is 53.6 Å². The van der Waals surface area contributed by atoms with E-state index in [-0.39, 0.29) is 33.1 Å². The van der Waals surface area contributed by atoms with Crippen molar-refractivity contribution in [3.05, 3.63) is 93.3 Å². The molecule has 0 atom stereocenters. The van der Waals surface area contributed by atoms with Crippen molar-refractivity contribution in [1.29, 1.82) is 0 Å². The molecule has 0 bridgehead atoms. The van der Waals surface area contributed by atoms with Crippen LogP contribution in [0, 0.1) is 0 Å². The van der Waals surface area contributed by atoms with Gasteiger partial charge in [0.15, 0.2) is 5.78 Å². The zero-order valence-electron chi connectivity index (χ0n) is 24.9. The third kappa shape index (κ3) is 6.01. The summed E-state index contributed by atoms with van der Waals surface area (Å²) in [6.45, 7) is 1.32. The van der Waals surface area contributed by atoms with Gasteiger partial charge in [-0.05, 0) is 36.2 Å². The first-order valence-electron chi connectivity index (χ1n) is 14.5. The van der Waals surface area contributed by atoms with Crippen molar-refractivity contribution in [2.75, 3.05) is 13.1 Å². The standard InChI is InChI=1S/C18H14ClN3O4S.C11H9N2O.3CH3.Sn/c19-13-4-2-10(8-15(13)27(20,25)26)17(23)9-1-3-11-12-5-6-21-18(24)16(12)22-14(11)7-9;14-11-10-8(5-6-12-11)7-3-1-2-4-9(7)13-10;;;;/h1-4,7-8,22H,5-6H2,(H,21,24)(H2,20,25,26);1,3-4,13H,5-6H2,(H,12,14);3*1H3;. The summed E-state index contributed by atoms with van der Waals surface area (Å²) in [6, 6.07) is 15.7. The van der Waals surface area contributed by atoms with E-state index in [1.165, 1.54) is 26.7 Å². The van der Waals surface area contributed by atoms with Crippen LogP contribution in [0.3, 0.4) is 0 Å². The van der Waals surface area contributed by atoms with Crippen LogP contribution < -0.4 is 19.4 Å². The number of rotatable bonds is 4. The number of aromatic amines is 2. The van der Waals surface area contributed by atoms with E-state index in [0.717, 1.165) is 41.2 Å². The molecular weight excluding hydrogens is 721 g/mol. The maximum absolute atomic E-state index is 12.8. The Kier molecular flexibility index (Phi) is 8.09. The summed E-state index contributed by atoms with van der Waals surface area (Å²) in [5, 5.41) is 12.9. The molecule has 7 rings (SSSR count). The molecule has 4 heterocycles. The Labute approximate surface area is 269 Å². The van der Waals surface area contributed by atoms with Crippen molar-refractivity contribution in [3.63, 3.8) is 0 Å². The van der Waals surface area contributed by atoms with Gasteiger partial charge in [-0.1, -0.05) is 23.7 Å². The van der Waals surface area contributed by atoms with Crippen LogP contribution in [0.4, 0.5) is 0 Å². The number of carbonyl (C=O) groups excluding carboxylic acids is 3. The van der Waals surface area contributed by atoms with E-state index in [0.29, 0.717) is 29.7 Å². The molecule has 0 radical (unpaired) electrons. The Bertz CT molecular complexity index is 2160. The molecule has 5 aromatic rings. The van der Waals surface area contributed by atoms with Crippen molar-refractivity contribution in [2.24, 2.45) is 5.14 Å². The Morgan fingerprint density at radius 1 is 0.778 bits per heavy atom. The molecule has 13 heteroatoms. The number of nitrogens with one attached hydrogen (secondary N) is 4. The minimum absolute atomic E-state index is 0.0354. The van der Waals surface area contributed by atoms with Gasteiger partial charge in [-0.3, -0.25) is 9.59 Å². The summed E-state index contributed by atoms with van der Waals surface area (Å²) in [5.74, 6) is -0.514. The van der Waals surface area contributed by atoms with Crippen molar-refractivity contribution >= 4 is 83.0 Å². The van der Waals surface area contributed by atoms with Gasteiger partial charge in [-0.25, -0.2) is 13.6 Å². The molecule has 0 saturated heterocycles. The fourth-order valence-electron chi connectivity index (χ4n) is 5.83. The molecule has 0 saturated carbocycles. The number of nitrogens with two attached hydrogens (primary N) is 1. The second-order valence-electron chi connectivity index (χ2n) is 12.3. The van der Waals surface area contributed by atoms with Gasteiger partial charge in [0.1, 0.15) is 10.6 Å². The monoisotopic (exact) mass is 753 g/mol. The first kappa shape index (κ1) is 31.3. The number of ketones is 1. The molecule has 232 valence electrons. The molecule has 45 heavy (non-hydrogen) atoms. The molecule has 0 fully saturated rings. The second-order valence-corrected chi connectivity index (χ2v) is 28.7. The minimum atomic E-state index is -4.05. The molecular formula is C32H32ClN5O5SSn. The van der Waals surface area contributed by atoms with Gasteiger partial charge in [0.05, 0.1) is 5.02 Å². The van der Waals surface area contributed by atoms with E-state index >= 15 is 0 Å². The molecule has 10 nitrogen and oxygen atoms in total. The predicted octanol–water partition coefficient (Wildman–Crippen LogP) is 3.98. The van der Waals surface area contributed by atoms with Crippen LogP contribution in [-0.4, -0.2) is 67.4 Å². The Balaban J connectivity index is 0.000000172. The molecule has 2 amide bonds. The van der Waals surface area contributed by atoms with Gasteiger partial charge in [-0.2, -0.15) is 0 Å². The van der Waals surface area contributed by atoms with Crippen LogP contribution in [-0.2, 0) is 22.9 Å². The van der Waals surface area contributed by atoms with Gasteiger partial charge in [0.2, 0.25) is 10.0 Å². The van der Waals surface area contributed by atoms with Gasteiger partial charge >= 0.3 is 111 Å². The van der Waals surface area contributed by atoms with Gasteiger partial charge in [-0.15, -0.1) is 0 Å². The number of hydrogen-bond donors (Lipinski definition) is 5. The third-order valence-electron chi connectivity index (χ3n) is 8.22. The molecule has 2 aromatic heterocycles. The van der Waals surface area contributed by atoms with Gasteiger partial charge < -0.3 is 10.3 Å². The summed E-state index contributed by atoms with van der Waals surface area (Å²) in [4.78, 5) is 49.9. The summed E-state index contributed by atoms with van der Waals surface area (Å²) in [5.41, 5.74) is 5.67. The van der Waals surface area contributed by atoms with Crippen LogP contribution in [0.2, 0.25) is 19.8 Å². The number of aromatic nitrogens is 2. The van der Waals surface area contributed by atoms with Crippen LogP contribution >= 0.6 is 11.6 Å². The Morgan fingerprint density at radius 2 is 1.29 bits per heavy atom. The number of carbonyl (C=O) groups is 3. The topological polar surface area (TPSA) is 167 Å². The number of primary sulfonamides is 1. The number of fused-ring (bicyclic) bond motifs is 6. The number of sulfonamides is 1. The first-order valence-corrected chi connectivity index (χ1v) is 26.4. The van der Waals surface area contributed by atoms with Crippen LogP contribution in [0.1, 0.15) is 48.0 Å². The molecule has 6 N–H and O–H groups in total. The quantitative estimate of drug-likeness (QED) is 0.138. The first-order chi connectivity index (χ1) is 21.2. The van der Waals surface area contributed by atoms with E-state index < -0.39 is 28.4 Å². The molecule has 3 aromatic carbocycles. The maximum atomic E-state index is 12.8. The number of hydrogen-bond acceptors (Lipinski definition) is 5. The van der Waals surface area contributed by atoms with Crippen molar-refractivity contribution in [3.8, 4) is 0 Å². The SMILES string of the molecule is NS(=O)(=O)c1cc(C(=O)c2ccc3c4c([nH]c3c2)C(=O)NCC4)ccc1Cl.[CH3][Sn]([CH3])([CH3])[c]1ccc2c3c([nH]c2c1)C(=O)NCC3. The average molecular weight is 753 g/mol. The third-order valence-corrected chi connectivity index (χ3v) is 15.4. The molecule has 0 spiro atoms. The van der Waals surface area contributed by atoms with Gasteiger partial charge in [0.25, 0.3) is 5.91 Å². The van der Waals surface area contributed by atoms with E-state index in [1.807, 2.05) is 0 Å². The van der Waals surface area contributed by atoms with E-state index in [4.69, 9.17) is 16.7 Å². The van der Waals surface area contributed by atoms with Crippen LogP contribution in [0.25, 0.3) is 21.8 Å². The van der Waals surface area contributed by atoms with Gasteiger partial charge in [0, 0.05) is 28.6 Å². The second kappa shape index (κ2) is 11.6. The number of amides is 2. The summed E-state index contributed by atoms with van der Waals surface area (Å²) in [7, 11) is -4.05. The van der Waals surface area contributed by atoms with E-state index in [9.17, 15) is 22.8 Å². The van der Waals surface area contributed by atoms with E-state index in [1.54, 1.807) is 18.2 Å². The normalized spacial score (nSPS) is 14.7. The van der Waals surface area contributed by atoms with Crippen molar-refractivity contribution in [1.82, 2.24) is 20.6 Å². The number of halogens is 1. The summed E-state index contributed by atoms with van der Waals surface area (Å²) >= 11 is 3.84. The van der Waals surface area contributed by atoms with Crippen LogP contribution in [0.5, 0.6) is 0 Å². The summed E-state index contributed by atoms with van der Waals surface area (Å²) in [6.07, 6.45) is 1.64.